The molecule has 0 saturated carbocycles. The highest BCUT2D eigenvalue weighted by molar-refractivity contribution is 9.11. The van der Waals surface area contributed by atoms with Gasteiger partial charge in [0.05, 0.1) is 6.61 Å². The summed E-state index contributed by atoms with van der Waals surface area (Å²) in [5, 5.41) is 0. The highest BCUT2D eigenvalue weighted by atomic mass is 79.9. The first-order chi connectivity index (χ1) is 9.73. The number of hydrogen-bond acceptors (Lipinski definition) is 3. The summed E-state index contributed by atoms with van der Waals surface area (Å²) in [4.78, 5) is 13.5. The maximum absolute atomic E-state index is 11.8. The largest absolute Gasteiger partial charge is 0.493 e. The molecule has 1 aromatic carbocycles. The van der Waals surface area contributed by atoms with Crippen LogP contribution in [0.4, 0.5) is 4.79 Å². The van der Waals surface area contributed by atoms with Gasteiger partial charge in [0.2, 0.25) is 0 Å². The van der Waals surface area contributed by atoms with Crippen molar-refractivity contribution in [1.82, 2.24) is 4.90 Å². The Morgan fingerprint density at radius 2 is 1.81 bits per heavy atom. The Labute approximate surface area is 142 Å². The SMILES string of the molecule is CC(C)(C)OC(=O)N1CC(COc2cc(Br)cc(Br)c2)C1. The van der Waals surface area contributed by atoms with Crippen LogP contribution in [0.25, 0.3) is 0 Å². The average molecular weight is 421 g/mol. The first kappa shape index (κ1) is 16.6. The maximum atomic E-state index is 11.8. The second kappa shape index (κ2) is 6.57. The van der Waals surface area contributed by atoms with E-state index in [-0.39, 0.29) is 6.09 Å². The second-order valence-electron chi connectivity index (χ2n) is 6.17. The van der Waals surface area contributed by atoms with Crippen LogP contribution in [0, 0.1) is 5.92 Å². The Hall–Kier alpha value is -0.750. The van der Waals surface area contributed by atoms with Crippen molar-refractivity contribution in [2.45, 2.75) is 26.4 Å². The molecule has 0 aliphatic carbocycles. The Morgan fingerprint density at radius 3 is 2.33 bits per heavy atom. The molecule has 1 fully saturated rings. The number of carbonyl (C=O) groups excluding carboxylic acids is 1. The van der Waals surface area contributed by atoms with E-state index < -0.39 is 5.60 Å². The van der Waals surface area contributed by atoms with Crippen molar-refractivity contribution in [2.24, 2.45) is 5.92 Å². The first-order valence-electron chi connectivity index (χ1n) is 6.80. The molecular weight excluding hydrogens is 402 g/mol. The lowest BCUT2D eigenvalue weighted by Gasteiger charge is -2.39. The number of rotatable bonds is 3. The summed E-state index contributed by atoms with van der Waals surface area (Å²) in [6, 6.07) is 5.81. The number of hydrogen-bond donors (Lipinski definition) is 0. The van der Waals surface area contributed by atoms with Crippen molar-refractivity contribution >= 4 is 38.0 Å². The smallest absolute Gasteiger partial charge is 0.410 e. The van der Waals surface area contributed by atoms with Gasteiger partial charge in [-0.05, 0) is 39.0 Å². The van der Waals surface area contributed by atoms with E-state index in [9.17, 15) is 4.79 Å². The molecule has 1 aliphatic rings. The van der Waals surface area contributed by atoms with Crippen LogP contribution in [0.15, 0.2) is 27.1 Å². The third kappa shape index (κ3) is 5.18. The molecular formula is C15H19Br2NO3. The minimum Gasteiger partial charge on any atom is -0.493 e. The van der Waals surface area contributed by atoms with Crippen LogP contribution >= 0.6 is 31.9 Å². The zero-order chi connectivity index (χ0) is 15.6. The van der Waals surface area contributed by atoms with Gasteiger partial charge >= 0.3 is 6.09 Å². The van der Waals surface area contributed by atoms with Crippen molar-refractivity contribution in [3.8, 4) is 5.75 Å². The van der Waals surface area contributed by atoms with E-state index in [1.807, 2.05) is 39.0 Å². The van der Waals surface area contributed by atoms with Crippen LogP contribution in [-0.4, -0.2) is 36.3 Å². The molecule has 1 saturated heterocycles. The van der Waals surface area contributed by atoms with Gasteiger partial charge in [0.1, 0.15) is 11.4 Å². The fraction of sp³-hybridized carbons (Fsp3) is 0.533. The van der Waals surface area contributed by atoms with Crippen molar-refractivity contribution < 1.29 is 14.3 Å². The number of carbonyl (C=O) groups is 1. The zero-order valence-electron chi connectivity index (χ0n) is 12.4. The highest BCUT2D eigenvalue weighted by Crippen LogP contribution is 2.26. The summed E-state index contributed by atoms with van der Waals surface area (Å²) in [5.74, 6) is 1.17. The van der Waals surface area contributed by atoms with E-state index in [1.54, 1.807) is 4.90 Å². The zero-order valence-corrected chi connectivity index (χ0v) is 15.5. The van der Waals surface area contributed by atoms with Crippen molar-refractivity contribution in [3.63, 3.8) is 0 Å². The molecule has 0 unspecified atom stereocenters. The molecule has 1 aliphatic heterocycles. The van der Waals surface area contributed by atoms with Gasteiger partial charge in [-0.1, -0.05) is 31.9 Å². The van der Waals surface area contributed by atoms with Gasteiger partial charge in [-0.25, -0.2) is 4.79 Å². The van der Waals surface area contributed by atoms with E-state index in [2.05, 4.69) is 31.9 Å². The van der Waals surface area contributed by atoms with Gasteiger partial charge in [-0.3, -0.25) is 0 Å². The van der Waals surface area contributed by atoms with Crippen LogP contribution in [-0.2, 0) is 4.74 Å². The summed E-state index contributed by atoms with van der Waals surface area (Å²) >= 11 is 6.86. The molecule has 0 N–H and O–H groups in total. The first-order valence-corrected chi connectivity index (χ1v) is 8.38. The number of halogens is 2. The van der Waals surface area contributed by atoms with E-state index in [0.717, 1.165) is 14.7 Å². The molecule has 1 aromatic rings. The lowest BCUT2D eigenvalue weighted by molar-refractivity contribution is -0.00781. The van der Waals surface area contributed by atoms with Crippen molar-refractivity contribution in [3.05, 3.63) is 27.1 Å². The van der Waals surface area contributed by atoms with Gasteiger partial charge in [0.15, 0.2) is 0 Å². The Bertz CT molecular complexity index is 502. The number of nitrogens with zero attached hydrogens (tertiary/aromatic N) is 1. The second-order valence-corrected chi connectivity index (χ2v) is 8.00. The summed E-state index contributed by atoms with van der Waals surface area (Å²) in [7, 11) is 0. The topological polar surface area (TPSA) is 38.8 Å². The van der Waals surface area contributed by atoms with Crippen molar-refractivity contribution in [2.75, 3.05) is 19.7 Å². The summed E-state index contributed by atoms with van der Waals surface area (Å²) in [6.07, 6.45) is -0.246. The lowest BCUT2D eigenvalue weighted by atomic mass is 10.0. The Balaban J connectivity index is 1.74. The van der Waals surface area contributed by atoms with E-state index in [4.69, 9.17) is 9.47 Å². The third-order valence-electron chi connectivity index (χ3n) is 2.93. The lowest BCUT2D eigenvalue weighted by Crippen LogP contribution is -2.53. The monoisotopic (exact) mass is 419 g/mol. The molecule has 0 atom stereocenters. The van der Waals surface area contributed by atoms with Crippen molar-refractivity contribution in [1.29, 1.82) is 0 Å². The summed E-state index contributed by atoms with van der Waals surface area (Å²) < 4.78 is 13.0. The normalized spacial score (nSPS) is 15.6. The standard InChI is InChI=1S/C15H19Br2NO3/c1-15(2,3)21-14(19)18-7-10(8-18)9-20-13-5-11(16)4-12(17)6-13/h4-6,10H,7-9H2,1-3H3. The van der Waals surface area contributed by atoms with E-state index >= 15 is 0 Å². The number of amides is 1. The molecule has 1 amide bonds. The predicted molar refractivity (Wildman–Crippen MR) is 88.6 cm³/mol. The van der Waals surface area contributed by atoms with E-state index in [1.165, 1.54) is 0 Å². The molecule has 0 bridgehead atoms. The van der Waals surface area contributed by atoms with Gasteiger partial charge in [0.25, 0.3) is 0 Å². The highest BCUT2D eigenvalue weighted by Gasteiger charge is 2.34. The third-order valence-corrected chi connectivity index (χ3v) is 3.85. The van der Waals surface area contributed by atoms with E-state index in [0.29, 0.717) is 25.6 Å². The van der Waals surface area contributed by atoms with Gasteiger partial charge < -0.3 is 14.4 Å². The molecule has 1 heterocycles. The fourth-order valence-corrected chi connectivity index (χ4v) is 3.23. The maximum Gasteiger partial charge on any atom is 0.410 e. The van der Waals surface area contributed by atoms with Crippen LogP contribution < -0.4 is 4.74 Å². The minimum absolute atomic E-state index is 0.246. The quantitative estimate of drug-likeness (QED) is 0.724. The van der Waals surface area contributed by atoms with Crippen LogP contribution in [0.2, 0.25) is 0 Å². The molecule has 2 rings (SSSR count). The Morgan fingerprint density at radius 1 is 1.24 bits per heavy atom. The molecule has 0 spiro atoms. The molecule has 0 radical (unpaired) electrons. The number of benzene rings is 1. The van der Waals surface area contributed by atoms with Gasteiger partial charge in [-0.15, -0.1) is 0 Å². The fourth-order valence-electron chi connectivity index (χ4n) is 1.98. The minimum atomic E-state index is -0.443. The summed E-state index contributed by atoms with van der Waals surface area (Å²) in [6.45, 7) is 7.58. The van der Waals surface area contributed by atoms with Crippen LogP contribution in [0.3, 0.4) is 0 Å². The molecule has 4 nitrogen and oxygen atoms in total. The number of ether oxygens (including phenoxy) is 2. The molecule has 0 aromatic heterocycles. The average Bonchev–Trinajstić information content (AvgIpc) is 2.22. The summed E-state index contributed by atoms with van der Waals surface area (Å²) in [5.41, 5.74) is -0.443. The molecule has 21 heavy (non-hydrogen) atoms. The van der Waals surface area contributed by atoms with Gasteiger partial charge in [0, 0.05) is 28.0 Å². The Kier molecular flexibility index (Phi) is 5.20. The van der Waals surface area contributed by atoms with Crippen LogP contribution in [0.1, 0.15) is 20.8 Å². The molecule has 116 valence electrons. The van der Waals surface area contributed by atoms with Gasteiger partial charge in [-0.2, -0.15) is 0 Å². The molecule has 6 heteroatoms. The van der Waals surface area contributed by atoms with Crippen LogP contribution in [0.5, 0.6) is 5.75 Å². The number of likely N-dealkylation sites (tertiary alicyclic amines) is 1. The predicted octanol–water partition coefficient (Wildman–Crippen LogP) is 4.46.